The SMILES string of the molecule is C[C@@H](CN1CCC2(CCC(=O)N(CCc3cnc[nH]3)C2)CC1)c1ccccc1. The van der Waals surface area contributed by atoms with Gasteiger partial charge in [-0.25, -0.2) is 4.98 Å². The smallest absolute Gasteiger partial charge is 0.222 e. The fraction of sp³-hybridized carbons (Fsp3) is 0.565. The van der Waals surface area contributed by atoms with E-state index >= 15 is 0 Å². The molecule has 4 rings (SSSR count). The van der Waals surface area contributed by atoms with Crippen LogP contribution in [0, 0.1) is 5.41 Å². The zero-order valence-electron chi connectivity index (χ0n) is 16.9. The summed E-state index contributed by atoms with van der Waals surface area (Å²) in [6, 6.07) is 10.8. The summed E-state index contributed by atoms with van der Waals surface area (Å²) in [6.07, 6.45) is 8.63. The maximum Gasteiger partial charge on any atom is 0.222 e. The Hall–Kier alpha value is -2.14. The molecule has 3 heterocycles. The van der Waals surface area contributed by atoms with E-state index in [0.717, 1.165) is 51.3 Å². The van der Waals surface area contributed by atoms with Crippen LogP contribution in [-0.2, 0) is 11.2 Å². The number of benzene rings is 1. The van der Waals surface area contributed by atoms with E-state index in [1.54, 1.807) is 6.33 Å². The number of hydrogen-bond acceptors (Lipinski definition) is 3. The van der Waals surface area contributed by atoms with Gasteiger partial charge in [-0.05, 0) is 49.2 Å². The average Bonchev–Trinajstić information content (AvgIpc) is 3.25. The summed E-state index contributed by atoms with van der Waals surface area (Å²) in [7, 11) is 0. The largest absolute Gasteiger partial charge is 0.348 e. The number of piperidine rings is 2. The predicted molar refractivity (Wildman–Crippen MR) is 111 cm³/mol. The van der Waals surface area contributed by atoms with Crippen LogP contribution in [0.3, 0.4) is 0 Å². The Morgan fingerprint density at radius 2 is 1.96 bits per heavy atom. The van der Waals surface area contributed by atoms with E-state index in [9.17, 15) is 4.79 Å². The van der Waals surface area contributed by atoms with E-state index in [1.807, 2.05) is 6.20 Å². The number of aromatic nitrogens is 2. The van der Waals surface area contributed by atoms with Crippen molar-refractivity contribution >= 4 is 5.91 Å². The third-order valence-electron chi connectivity index (χ3n) is 6.77. The lowest BCUT2D eigenvalue weighted by molar-refractivity contribution is -0.139. The Balaban J connectivity index is 1.29. The third kappa shape index (κ3) is 4.46. The molecular weight excluding hydrogens is 348 g/mol. The standard InChI is InChI=1S/C23H32N4O/c1-19(20-5-3-2-4-6-20)16-26-13-10-23(11-14-26)9-7-22(28)27(17-23)12-8-21-15-24-18-25-21/h2-6,15,18-19H,7-14,16-17H2,1H3,(H,24,25)/t19-/m0/s1. The highest BCUT2D eigenvalue weighted by Crippen LogP contribution is 2.40. The second-order valence-electron chi connectivity index (χ2n) is 8.75. The maximum absolute atomic E-state index is 12.4. The summed E-state index contributed by atoms with van der Waals surface area (Å²) < 4.78 is 0. The second-order valence-corrected chi connectivity index (χ2v) is 8.75. The monoisotopic (exact) mass is 380 g/mol. The van der Waals surface area contributed by atoms with E-state index in [0.29, 0.717) is 23.7 Å². The number of amides is 1. The molecule has 1 aromatic heterocycles. The number of rotatable bonds is 6. The first kappa shape index (κ1) is 19.2. The minimum absolute atomic E-state index is 0.324. The number of likely N-dealkylation sites (tertiary alicyclic amines) is 2. The Bertz CT molecular complexity index is 750. The third-order valence-corrected chi connectivity index (χ3v) is 6.77. The molecule has 0 radical (unpaired) electrons. The van der Waals surface area contributed by atoms with Gasteiger partial charge >= 0.3 is 0 Å². The van der Waals surface area contributed by atoms with Crippen molar-refractivity contribution in [3.05, 3.63) is 54.1 Å². The van der Waals surface area contributed by atoms with Crippen molar-refractivity contribution < 1.29 is 4.79 Å². The highest BCUT2D eigenvalue weighted by Gasteiger charge is 2.40. The quantitative estimate of drug-likeness (QED) is 0.835. The lowest BCUT2D eigenvalue weighted by Gasteiger charge is -2.48. The van der Waals surface area contributed by atoms with E-state index in [4.69, 9.17) is 0 Å². The van der Waals surface area contributed by atoms with Gasteiger partial charge in [0, 0.05) is 44.4 Å². The van der Waals surface area contributed by atoms with Crippen molar-refractivity contribution in [3.63, 3.8) is 0 Å². The molecule has 2 fully saturated rings. The molecule has 2 saturated heterocycles. The maximum atomic E-state index is 12.4. The van der Waals surface area contributed by atoms with Gasteiger partial charge in [0.1, 0.15) is 0 Å². The van der Waals surface area contributed by atoms with Gasteiger partial charge in [-0.3, -0.25) is 4.79 Å². The van der Waals surface area contributed by atoms with Gasteiger partial charge in [-0.2, -0.15) is 0 Å². The number of nitrogens with one attached hydrogen (secondary N) is 1. The zero-order chi connectivity index (χ0) is 19.4. The molecule has 1 spiro atoms. The summed E-state index contributed by atoms with van der Waals surface area (Å²) >= 11 is 0. The molecule has 1 atom stereocenters. The van der Waals surface area contributed by atoms with Crippen molar-refractivity contribution in [1.29, 1.82) is 0 Å². The number of hydrogen-bond donors (Lipinski definition) is 1. The summed E-state index contributed by atoms with van der Waals surface area (Å²) in [5, 5.41) is 0. The molecule has 2 aromatic rings. The predicted octanol–water partition coefficient (Wildman–Crippen LogP) is 3.46. The van der Waals surface area contributed by atoms with Gasteiger partial charge in [-0.1, -0.05) is 37.3 Å². The number of aromatic amines is 1. The van der Waals surface area contributed by atoms with Gasteiger partial charge in [0.05, 0.1) is 6.33 Å². The lowest BCUT2D eigenvalue weighted by Crippen LogP contribution is -2.52. The van der Waals surface area contributed by atoms with Gasteiger partial charge < -0.3 is 14.8 Å². The average molecular weight is 381 g/mol. The van der Waals surface area contributed by atoms with Gasteiger partial charge in [0.2, 0.25) is 5.91 Å². The van der Waals surface area contributed by atoms with Crippen molar-refractivity contribution in [3.8, 4) is 0 Å². The molecular formula is C23H32N4O. The molecule has 0 bridgehead atoms. The van der Waals surface area contributed by atoms with E-state index in [-0.39, 0.29) is 0 Å². The molecule has 1 amide bonds. The Morgan fingerprint density at radius 3 is 2.68 bits per heavy atom. The lowest BCUT2D eigenvalue weighted by atomic mass is 9.72. The Kier molecular flexibility index (Phi) is 5.81. The van der Waals surface area contributed by atoms with E-state index in [1.165, 1.54) is 18.4 Å². The molecule has 0 saturated carbocycles. The van der Waals surface area contributed by atoms with Crippen LogP contribution in [0.1, 0.15) is 49.8 Å². The number of carbonyl (C=O) groups is 1. The molecule has 150 valence electrons. The first-order valence-electron chi connectivity index (χ1n) is 10.7. The van der Waals surface area contributed by atoms with Crippen LogP contribution in [0.15, 0.2) is 42.9 Å². The topological polar surface area (TPSA) is 52.2 Å². The first-order valence-corrected chi connectivity index (χ1v) is 10.7. The van der Waals surface area contributed by atoms with Crippen molar-refractivity contribution in [1.82, 2.24) is 19.8 Å². The fourth-order valence-corrected chi connectivity index (χ4v) is 4.88. The number of imidazole rings is 1. The highest BCUT2D eigenvalue weighted by molar-refractivity contribution is 5.77. The molecule has 2 aliphatic heterocycles. The Labute approximate surface area is 168 Å². The molecule has 0 aliphatic carbocycles. The van der Waals surface area contributed by atoms with Crippen LogP contribution in [0.25, 0.3) is 0 Å². The van der Waals surface area contributed by atoms with Crippen LogP contribution >= 0.6 is 0 Å². The molecule has 1 N–H and O–H groups in total. The summed E-state index contributed by atoms with van der Waals surface area (Å²) in [4.78, 5) is 24.4. The first-order chi connectivity index (χ1) is 13.6. The molecule has 0 unspecified atom stereocenters. The summed E-state index contributed by atoms with van der Waals surface area (Å²) in [5.41, 5.74) is 2.86. The van der Waals surface area contributed by atoms with E-state index < -0.39 is 0 Å². The van der Waals surface area contributed by atoms with Crippen LogP contribution in [-0.4, -0.2) is 58.4 Å². The van der Waals surface area contributed by atoms with Crippen LogP contribution < -0.4 is 0 Å². The Morgan fingerprint density at radius 1 is 1.18 bits per heavy atom. The molecule has 28 heavy (non-hydrogen) atoms. The van der Waals surface area contributed by atoms with Gasteiger partial charge in [0.25, 0.3) is 0 Å². The van der Waals surface area contributed by atoms with Crippen molar-refractivity contribution in [2.24, 2.45) is 5.41 Å². The number of nitrogens with zero attached hydrogens (tertiary/aromatic N) is 3. The van der Waals surface area contributed by atoms with Crippen LogP contribution in [0.2, 0.25) is 0 Å². The highest BCUT2D eigenvalue weighted by atomic mass is 16.2. The molecule has 2 aliphatic rings. The fourth-order valence-electron chi connectivity index (χ4n) is 4.88. The number of carbonyl (C=O) groups excluding carboxylic acids is 1. The molecule has 1 aromatic carbocycles. The van der Waals surface area contributed by atoms with Gasteiger partial charge in [0.15, 0.2) is 0 Å². The van der Waals surface area contributed by atoms with Crippen LogP contribution in [0.4, 0.5) is 0 Å². The molecule has 5 heteroatoms. The van der Waals surface area contributed by atoms with Crippen molar-refractivity contribution in [2.75, 3.05) is 32.7 Å². The van der Waals surface area contributed by atoms with Crippen molar-refractivity contribution in [2.45, 2.75) is 44.9 Å². The number of H-pyrrole nitrogens is 1. The summed E-state index contributed by atoms with van der Waals surface area (Å²) in [6.45, 7) is 7.50. The minimum atomic E-state index is 0.324. The minimum Gasteiger partial charge on any atom is -0.348 e. The van der Waals surface area contributed by atoms with Gasteiger partial charge in [-0.15, -0.1) is 0 Å². The van der Waals surface area contributed by atoms with Crippen LogP contribution in [0.5, 0.6) is 0 Å². The normalized spacial score (nSPS) is 21.2. The second kappa shape index (κ2) is 8.48. The zero-order valence-corrected chi connectivity index (χ0v) is 16.9. The molecule has 5 nitrogen and oxygen atoms in total. The van der Waals surface area contributed by atoms with E-state index in [2.05, 4.69) is 57.0 Å². The summed E-state index contributed by atoms with van der Waals surface area (Å²) in [5.74, 6) is 0.888.